The number of nitrogens with two attached hydrogens (primary N) is 3. The lowest BCUT2D eigenvalue weighted by molar-refractivity contribution is -0.140. The van der Waals surface area contributed by atoms with E-state index in [-0.39, 0.29) is 34.3 Å². The van der Waals surface area contributed by atoms with E-state index in [4.69, 9.17) is 17.2 Å². The van der Waals surface area contributed by atoms with Crippen LogP contribution < -0.4 is 17.2 Å². The summed E-state index contributed by atoms with van der Waals surface area (Å²) in [5.74, 6) is -1.01. The summed E-state index contributed by atoms with van der Waals surface area (Å²) < 4.78 is 42.4. The van der Waals surface area contributed by atoms with Crippen molar-refractivity contribution in [2.45, 2.75) is 6.18 Å². The minimum atomic E-state index is -4.75. The molecule has 0 saturated carbocycles. The van der Waals surface area contributed by atoms with E-state index in [0.29, 0.717) is 0 Å². The van der Waals surface area contributed by atoms with Gasteiger partial charge in [0.2, 0.25) is 0 Å². The van der Waals surface area contributed by atoms with Gasteiger partial charge in [0.25, 0.3) is 5.91 Å². The standard InChI is InChI=1S/C14H13F3N8O/c1-24-9(4-22-13(24)12(20)26)6-5-25(23-11(6)14(15,16)17)10-2-7(18)8(19)3-21-10/h2-5H,19H2,1H3,(H2,18,21)(H2,20,26). The van der Waals surface area contributed by atoms with Crippen LogP contribution in [0.1, 0.15) is 16.3 Å². The van der Waals surface area contributed by atoms with Crippen molar-refractivity contribution in [3.63, 3.8) is 0 Å². The Morgan fingerprint density at radius 1 is 1.15 bits per heavy atom. The van der Waals surface area contributed by atoms with Gasteiger partial charge in [0.1, 0.15) is 0 Å². The minimum absolute atomic E-state index is 0.0146. The van der Waals surface area contributed by atoms with Gasteiger partial charge in [-0.25, -0.2) is 14.6 Å². The Morgan fingerprint density at radius 3 is 2.38 bits per heavy atom. The van der Waals surface area contributed by atoms with Crippen molar-refractivity contribution in [2.75, 3.05) is 11.5 Å². The zero-order chi connectivity index (χ0) is 19.2. The van der Waals surface area contributed by atoms with Crippen LogP contribution in [0.2, 0.25) is 0 Å². The van der Waals surface area contributed by atoms with Crippen LogP contribution in [0.15, 0.2) is 24.7 Å². The van der Waals surface area contributed by atoms with E-state index in [9.17, 15) is 18.0 Å². The average Bonchev–Trinajstić information content (AvgIpc) is 3.13. The molecule has 0 spiro atoms. The van der Waals surface area contributed by atoms with Crippen LogP contribution in [0.25, 0.3) is 17.1 Å². The van der Waals surface area contributed by atoms with Crippen molar-refractivity contribution >= 4 is 17.3 Å². The Kier molecular flexibility index (Phi) is 3.82. The largest absolute Gasteiger partial charge is 0.435 e. The lowest BCUT2D eigenvalue weighted by atomic mass is 10.2. The first-order valence-electron chi connectivity index (χ1n) is 7.09. The van der Waals surface area contributed by atoms with E-state index in [0.717, 1.165) is 21.6 Å². The van der Waals surface area contributed by atoms with Crippen molar-refractivity contribution in [1.29, 1.82) is 0 Å². The Balaban J connectivity index is 2.20. The molecule has 0 saturated heterocycles. The number of nitrogens with zero attached hydrogens (tertiary/aromatic N) is 5. The second-order valence-corrected chi connectivity index (χ2v) is 5.40. The van der Waals surface area contributed by atoms with Crippen LogP contribution in [0.5, 0.6) is 0 Å². The molecule has 0 atom stereocenters. The minimum Gasteiger partial charge on any atom is -0.397 e. The number of pyridine rings is 1. The molecular weight excluding hydrogens is 353 g/mol. The molecular formula is C14H13F3N8O. The molecule has 3 heterocycles. The average molecular weight is 366 g/mol. The Bertz CT molecular complexity index is 1000. The van der Waals surface area contributed by atoms with E-state index in [1.54, 1.807) is 0 Å². The van der Waals surface area contributed by atoms with Crippen LogP contribution in [0.3, 0.4) is 0 Å². The fourth-order valence-electron chi connectivity index (χ4n) is 2.37. The molecule has 0 radical (unpaired) electrons. The maximum absolute atomic E-state index is 13.4. The lowest BCUT2D eigenvalue weighted by Gasteiger charge is -2.07. The number of primary amides is 1. The summed E-state index contributed by atoms with van der Waals surface area (Å²) in [6.07, 6.45) is -1.31. The number of alkyl halides is 3. The van der Waals surface area contributed by atoms with Gasteiger partial charge in [0, 0.05) is 19.3 Å². The molecule has 3 aromatic heterocycles. The summed E-state index contributed by atoms with van der Waals surface area (Å²) in [6.45, 7) is 0. The number of rotatable bonds is 3. The summed E-state index contributed by atoms with van der Waals surface area (Å²) in [5, 5.41) is 3.57. The normalized spacial score (nSPS) is 11.7. The summed E-state index contributed by atoms with van der Waals surface area (Å²) in [6, 6.07) is 1.30. The summed E-state index contributed by atoms with van der Waals surface area (Å²) >= 11 is 0. The fraction of sp³-hybridized carbons (Fsp3) is 0.143. The third kappa shape index (κ3) is 2.81. The van der Waals surface area contributed by atoms with E-state index in [1.807, 2.05) is 0 Å². The van der Waals surface area contributed by atoms with Crippen molar-refractivity contribution < 1.29 is 18.0 Å². The van der Waals surface area contributed by atoms with Gasteiger partial charge in [-0.15, -0.1) is 0 Å². The molecule has 0 aliphatic heterocycles. The lowest BCUT2D eigenvalue weighted by Crippen LogP contribution is -2.17. The third-order valence-corrected chi connectivity index (χ3v) is 3.66. The predicted molar refractivity (Wildman–Crippen MR) is 85.9 cm³/mol. The van der Waals surface area contributed by atoms with Gasteiger partial charge in [0.05, 0.1) is 35.0 Å². The highest BCUT2D eigenvalue weighted by atomic mass is 19.4. The van der Waals surface area contributed by atoms with Gasteiger partial charge in [-0.3, -0.25) is 4.79 Å². The molecule has 0 bridgehead atoms. The zero-order valence-corrected chi connectivity index (χ0v) is 13.3. The number of nitrogen functional groups attached to an aromatic ring is 2. The molecule has 0 unspecified atom stereocenters. The molecule has 0 fully saturated rings. The molecule has 136 valence electrons. The highest BCUT2D eigenvalue weighted by Crippen LogP contribution is 2.36. The summed E-state index contributed by atoms with van der Waals surface area (Å²) in [5.41, 5.74) is 15.3. The zero-order valence-electron chi connectivity index (χ0n) is 13.3. The molecule has 3 rings (SSSR count). The van der Waals surface area contributed by atoms with Crippen molar-refractivity contribution in [1.82, 2.24) is 24.3 Å². The number of halogens is 3. The molecule has 0 aromatic carbocycles. The van der Waals surface area contributed by atoms with Crippen molar-refractivity contribution in [3.05, 3.63) is 36.2 Å². The number of aromatic nitrogens is 5. The van der Waals surface area contributed by atoms with Crippen LogP contribution in [0, 0.1) is 0 Å². The number of anilines is 2. The molecule has 12 heteroatoms. The smallest absolute Gasteiger partial charge is 0.397 e. The van der Waals surface area contributed by atoms with E-state index in [2.05, 4.69) is 15.1 Å². The molecule has 26 heavy (non-hydrogen) atoms. The van der Waals surface area contributed by atoms with E-state index in [1.165, 1.54) is 19.3 Å². The third-order valence-electron chi connectivity index (χ3n) is 3.66. The molecule has 0 aliphatic carbocycles. The van der Waals surface area contributed by atoms with Crippen LogP contribution in [0.4, 0.5) is 24.5 Å². The van der Waals surface area contributed by atoms with Gasteiger partial charge in [0.15, 0.2) is 17.3 Å². The maximum atomic E-state index is 13.4. The number of imidazole rings is 1. The first kappa shape index (κ1) is 17.3. The number of carbonyl (C=O) groups excluding carboxylic acids is 1. The molecule has 0 aliphatic rings. The van der Waals surface area contributed by atoms with Crippen LogP contribution >= 0.6 is 0 Å². The van der Waals surface area contributed by atoms with E-state index >= 15 is 0 Å². The quantitative estimate of drug-likeness (QED) is 0.629. The SMILES string of the molecule is Cn1c(-c2cn(-c3cc(N)c(N)cn3)nc2C(F)(F)F)cnc1C(N)=O. The van der Waals surface area contributed by atoms with Gasteiger partial charge in [-0.1, -0.05) is 0 Å². The number of carbonyl (C=O) groups is 1. The number of hydrogen-bond donors (Lipinski definition) is 3. The summed E-state index contributed by atoms with van der Waals surface area (Å²) in [7, 11) is 1.37. The highest BCUT2D eigenvalue weighted by Gasteiger charge is 2.38. The molecule has 9 nitrogen and oxygen atoms in total. The first-order chi connectivity index (χ1) is 12.1. The molecule has 1 amide bonds. The Morgan fingerprint density at radius 2 is 1.85 bits per heavy atom. The van der Waals surface area contributed by atoms with Gasteiger partial charge in [-0.05, 0) is 0 Å². The first-order valence-corrected chi connectivity index (χ1v) is 7.09. The van der Waals surface area contributed by atoms with E-state index < -0.39 is 17.8 Å². The predicted octanol–water partition coefficient (Wildman–Crippen LogP) is 0.950. The van der Waals surface area contributed by atoms with Gasteiger partial charge < -0.3 is 21.8 Å². The Labute approximate surface area is 144 Å². The van der Waals surface area contributed by atoms with Crippen molar-refractivity contribution in [3.8, 4) is 17.1 Å². The van der Waals surface area contributed by atoms with Crippen LogP contribution in [-0.2, 0) is 13.2 Å². The number of amides is 1. The second-order valence-electron chi connectivity index (χ2n) is 5.40. The maximum Gasteiger partial charge on any atom is 0.435 e. The summed E-state index contributed by atoms with van der Waals surface area (Å²) in [4.78, 5) is 19.0. The van der Waals surface area contributed by atoms with Crippen molar-refractivity contribution in [2.24, 2.45) is 12.8 Å². The molecule has 6 N–H and O–H groups in total. The molecule has 3 aromatic rings. The van der Waals surface area contributed by atoms with Crippen LogP contribution in [-0.4, -0.2) is 30.2 Å². The highest BCUT2D eigenvalue weighted by molar-refractivity contribution is 5.90. The van der Waals surface area contributed by atoms with Gasteiger partial charge >= 0.3 is 6.18 Å². The fourth-order valence-corrected chi connectivity index (χ4v) is 2.37. The topological polar surface area (TPSA) is 144 Å². The van der Waals surface area contributed by atoms with Gasteiger partial charge in [-0.2, -0.15) is 18.3 Å². The second kappa shape index (κ2) is 5.75. The monoisotopic (exact) mass is 366 g/mol. The number of hydrogen-bond acceptors (Lipinski definition) is 6. The Hall–Kier alpha value is -3.57.